The molecular weight excluding hydrogens is 354 g/mol. The summed E-state index contributed by atoms with van der Waals surface area (Å²) in [4.78, 5) is 0. The van der Waals surface area contributed by atoms with E-state index in [4.69, 9.17) is 10.2 Å². The molecule has 3 fully saturated rings. The van der Waals surface area contributed by atoms with E-state index >= 15 is 0 Å². The predicted octanol–water partition coefficient (Wildman–Crippen LogP) is 5.33. The summed E-state index contributed by atoms with van der Waals surface area (Å²) in [5.41, 5.74) is 6.34. The molecule has 0 spiro atoms. The molecule has 1 heterocycles. The van der Waals surface area contributed by atoms with Gasteiger partial charge in [-0.25, -0.2) is 0 Å². The van der Waals surface area contributed by atoms with Crippen LogP contribution in [0.2, 0.25) is 18.1 Å². The Morgan fingerprint density at radius 1 is 1.12 bits per heavy atom. The first-order valence-corrected chi connectivity index (χ1v) is 13.7. The Morgan fingerprint density at radius 3 is 2.17 bits per heavy atom. The molecule has 3 saturated carbocycles. The van der Waals surface area contributed by atoms with Crippen molar-refractivity contribution in [3.8, 4) is 0 Å². The van der Waals surface area contributed by atoms with Crippen LogP contribution < -0.4 is 5.73 Å². The van der Waals surface area contributed by atoms with Crippen LogP contribution in [0, 0.1) is 5.41 Å². The molecule has 0 amide bonds. The lowest BCUT2D eigenvalue weighted by Gasteiger charge is -2.56. The minimum atomic E-state index is -1.69. The van der Waals surface area contributed by atoms with Gasteiger partial charge in [-0.1, -0.05) is 43.9 Å². The average molecular weight is 386 g/mol. The van der Waals surface area contributed by atoms with Crippen molar-refractivity contribution >= 4 is 36.5 Å². The van der Waals surface area contributed by atoms with Crippen LogP contribution in [0.5, 0.6) is 0 Å². The maximum Gasteiger partial charge on any atom is 0.203 e. The molecule has 0 saturated heterocycles. The first-order valence-electron chi connectivity index (χ1n) is 8.97. The van der Waals surface area contributed by atoms with E-state index in [1.54, 1.807) is 0 Å². The van der Waals surface area contributed by atoms with E-state index in [0.717, 1.165) is 10.1 Å². The van der Waals surface area contributed by atoms with Crippen molar-refractivity contribution in [2.45, 2.75) is 87.4 Å². The molecule has 4 rings (SSSR count). The second-order valence-corrected chi connectivity index (χ2v) is 16.2. The lowest BCUT2D eigenvalue weighted by Crippen LogP contribution is -2.55. The molecule has 0 atom stereocenters. The molecule has 1 aromatic heterocycles. The number of nitrogens with zero attached hydrogens (tertiary/aromatic N) is 2. The molecule has 1 aromatic rings. The Morgan fingerprint density at radius 2 is 1.71 bits per heavy atom. The van der Waals surface area contributed by atoms with Gasteiger partial charge >= 0.3 is 0 Å². The fraction of sp³-hybridized carbons (Fsp3) is 0.882. The summed E-state index contributed by atoms with van der Waals surface area (Å²) in [7, 11) is -1.69. The van der Waals surface area contributed by atoms with Crippen LogP contribution in [0.1, 0.15) is 59.3 Å². The van der Waals surface area contributed by atoms with Crippen molar-refractivity contribution in [2.24, 2.45) is 5.41 Å². The van der Waals surface area contributed by atoms with E-state index in [-0.39, 0.29) is 5.60 Å². The van der Waals surface area contributed by atoms with Crippen LogP contribution >= 0.6 is 23.1 Å². The molecule has 2 N–H and O–H groups in total. The maximum atomic E-state index is 6.92. The minimum Gasteiger partial charge on any atom is -0.411 e. The van der Waals surface area contributed by atoms with Gasteiger partial charge in [0.2, 0.25) is 5.13 Å². The molecule has 0 aromatic carbocycles. The van der Waals surface area contributed by atoms with Crippen LogP contribution in [-0.2, 0) is 4.43 Å². The van der Waals surface area contributed by atoms with Crippen LogP contribution in [0.3, 0.4) is 0 Å². The van der Waals surface area contributed by atoms with Crippen molar-refractivity contribution in [1.82, 2.24) is 10.2 Å². The van der Waals surface area contributed by atoms with Gasteiger partial charge in [0.25, 0.3) is 0 Å². The summed E-state index contributed by atoms with van der Waals surface area (Å²) in [6, 6.07) is 0. The summed E-state index contributed by atoms with van der Waals surface area (Å²) in [5.74, 6) is 1.15. The third kappa shape index (κ3) is 3.69. The predicted molar refractivity (Wildman–Crippen MR) is 106 cm³/mol. The summed E-state index contributed by atoms with van der Waals surface area (Å²) >= 11 is 3.35. The highest BCUT2D eigenvalue weighted by Gasteiger charge is 2.52. The lowest BCUT2D eigenvalue weighted by molar-refractivity contribution is -0.0735. The smallest absolute Gasteiger partial charge is 0.203 e. The topological polar surface area (TPSA) is 61.0 Å². The number of nitrogen functional groups attached to an aromatic ring is 1. The first kappa shape index (κ1) is 18.7. The highest BCUT2D eigenvalue weighted by molar-refractivity contribution is 8.01. The SMILES string of the molecule is CC(C)(C)[Si](C)(C)OC12CCC(CSc3nnc(N)s3)(CC1)CC2. The van der Waals surface area contributed by atoms with E-state index in [1.165, 1.54) is 49.9 Å². The summed E-state index contributed by atoms with van der Waals surface area (Å²) in [5, 5.41) is 8.94. The minimum absolute atomic E-state index is 0.169. The van der Waals surface area contributed by atoms with Gasteiger partial charge in [-0.05, 0) is 62.1 Å². The molecular formula is C17H31N3OS2Si. The number of hydrogen-bond donors (Lipinski definition) is 1. The van der Waals surface area contributed by atoms with Gasteiger partial charge in [-0.2, -0.15) is 0 Å². The zero-order valence-corrected chi connectivity index (χ0v) is 18.3. The Balaban J connectivity index is 1.60. The van der Waals surface area contributed by atoms with E-state index in [9.17, 15) is 0 Å². The van der Waals surface area contributed by atoms with E-state index in [1.807, 2.05) is 11.8 Å². The van der Waals surface area contributed by atoms with Crippen LogP contribution in [0.4, 0.5) is 5.13 Å². The molecule has 2 bridgehead atoms. The molecule has 4 nitrogen and oxygen atoms in total. The highest BCUT2D eigenvalue weighted by Crippen LogP contribution is 2.57. The summed E-state index contributed by atoms with van der Waals surface area (Å²) < 4.78 is 7.94. The van der Waals surface area contributed by atoms with Crippen LogP contribution in [0.15, 0.2) is 4.34 Å². The van der Waals surface area contributed by atoms with Crippen molar-refractivity contribution in [1.29, 1.82) is 0 Å². The Hall–Kier alpha value is -0.113. The van der Waals surface area contributed by atoms with Crippen molar-refractivity contribution in [2.75, 3.05) is 11.5 Å². The maximum absolute atomic E-state index is 6.92. The van der Waals surface area contributed by atoms with Crippen molar-refractivity contribution < 1.29 is 4.43 Å². The average Bonchev–Trinajstić information content (AvgIpc) is 2.91. The lowest BCUT2D eigenvalue weighted by atomic mass is 9.59. The highest BCUT2D eigenvalue weighted by atomic mass is 32.2. The Kier molecular flexibility index (Phi) is 4.86. The molecule has 3 aliphatic rings. The van der Waals surface area contributed by atoms with E-state index in [2.05, 4.69) is 44.1 Å². The van der Waals surface area contributed by atoms with Crippen molar-refractivity contribution in [3.05, 3.63) is 0 Å². The molecule has 7 heteroatoms. The number of rotatable bonds is 5. The fourth-order valence-electron chi connectivity index (χ4n) is 3.79. The second kappa shape index (κ2) is 6.25. The van der Waals surface area contributed by atoms with E-state index in [0.29, 0.717) is 15.6 Å². The van der Waals surface area contributed by atoms with Gasteiger partial charge in [-0.3, -0.25) is 0 Å². The molecule has 0 radical (unpaired) electrons. The van der Waals surface area contributed by atoms with Crippen molar-refractivity contribution in [3.63, 3.8) is 0 Å². The molecule has 136 valence electrons. The monoisotopic (exact) mass is 385 g/mol. The van der Waals surface area contributed by atoms with E-state index < -0.39 is 8.32 Å². The number of thioether (sulfide) groups is 1. The number of aromatic nitrogens is 2. The normalized spacial score (nSPS) is 30.7. The Bertz CT molecular complexity index is 572. The standard InChI is InChI=1S/C17H31N3OS2Si/c1-15(2,3)24(4,5)21-17-9-6-16(7-10-17,8-11-17)12-22-14-20-19-13(18)23-14/h6-12H2,1-5H3,(H2,18,19). The summed E-state index contributed by atoms with van der Waals surface area (Å²) in [6.07, 6.45) is 7.59. The zero-order valence-electron chi connectivity index (χ0n) is 15.6. The number of anilines is 1. The summed E-state index contributed by atoms with van der Waals surface area (Å²) in [6.45, 7) is 11.8. The van der Waals surface area contributed by atoms with Gasteiger partial charge < -0.3 is 10.2 Å². The zero-order chi connectivity index (χ0) is 17.6. The van der Waals surface area contributed by atoms with Gasteiger partial charge in [0.1, 0.15) is 0 Å². The molecule has 24 heavy (non-hydrogen) atoms. The molecule has 3 aliphatic carbocycles. The van der Waals surface area contributed by atoms with Crippen LogP contribution in [0.25, 0.3) is 0 Å². The fourth-order valence-corrected chi connectivity index (χ4v) is 7.45. The van der Waals surface area contributed by atoms with Gasteiger partial charge in [0.15, 0.2) is 12.7 Å². The number of nitrogens with two attached hydrogens (primary N) is 1. The van der Waals surface area contributed by atoms with Gasteiger partial charge in [0, 0.05) is 5.75 Å². The first-order chi connectivity index (χ1) is 11.1. The molecule has 0 unspecified atom stereocenters. The van der Waals surface area contributed by atoms with Gasteiger partial charge in [-0.15, -0.1) is 10.2 Å². The molecule has 0 aliphatic heterocycles. The third-order valence-electron chi connectivity index (χ3n) is 6.53. The van der Waals surface area contributed by atoms with Crippen LogP contribution in [-0.4, -0.2) is 29.9 Å². The quantitative estimate of drug-likeness (QED) is 0.548. The number of fused-ring (bicyclic) bond motifs is 3. The Labute approximate surface area is 155 Å². The van der Waals surface area contributed by atoms with Gasteiger partial charge in [0.05, 0.1) is 5.60 Å². The largest absolute Gasteiger partial charge is 0.411 e. The number of hydrogen-bond acceptors (Lipinski definition) is 6. The third-order valence-corrected chi connectivity index (χ3v) is 13.3. The second-order valence-electron chi connectivity index (χ2n) is 9.24.